The number of hydrogen-bond donors (Lipinski definition) is 2. The Morgan fingerprint density at radius 2 is 1.96 bits per heavy atom. The molecule has 138 valence electrons. The maximum Gasteiger partial charge on any atom is 0.411 e. The number of aliphatic imine (C=N–C) groups is 1. The quantitative estimate of drug-likeness (QED) is 0.268. The Hall–Kier alpha value is -1.43. The van der Waals surface area contributed by atoms with Gasteiger partial charge in [-0.2, -0.15) is 13.2 Å². The zero-order valence-electron chi connectivity index (χ0n) is 13.4. The highest BCUT2D eigenvalue weighted by Gasteiger charge is 2.27. The third-order valence-corrected chi connectivity index (χ3v) is 2.66. The van der Waals surface area contributed by atoms with E-state index in [-0.39, 0.29) is 43.1 Å². The largest absolute Gasteiger partial charge is 0.497 e. The lowest BCUT2D eigenvalue weighted by Gasteiger charge is -2.12. The van der Waals surface area contributed by atoms with E-state index in [1.54, 1.807) is 18.2 Å². The maximum atomic E-state index is 11.9. The van der Waals surface area contributed by atoms with E-state index in [9.17, 15) is 13.2 Å². The lowest BCUT2D eigenvalue weighted by molar-refractivity contribution is -0.173. The first-order chi connectivity index (χ1) is 10.9. The van der Waals surface area contributed by atoms with Crippen molar-refractivity contribution >= 4 is 35.6 Å². The van der Waals surface area contributed by atoms with E-state index in [1.165, 1.54) is 14.2 Å². The van der Waals surface area contributed by atoms with E-state index in [0.717, 1.165) is 0 Å². The second-order valence-electron chi connectivity index (χ2n) is 4.48. The van der Waals surface area contributed by atoms with Crippen molar-refractivity contribution in [3.05, 3.63) is 18.2 Å². The summed E-state index contributed by atoms with van der Waals surface area (Å²) in [7, 11) is 3.04. The Labute approximate surface area is 155 Å². The van der Waals surface area contributed by atoms with Gasteiger partial charge in [0, 0.05) is 19.2 Å². The van der Waals surface area contributed by atoms with Crippen LogP contribution in [0, 0.1) is 0 Å². The summed E-state index contributed by atoms with van der Waals surface area (Å²) in [6.07, 6.45) is -3.99. The highest BCUT2D eigenvalue weighted by atomic mass is 127. The summed E-state index contributed by atoms with van der Waals surface area (Å²) >= 11 is 0. The van der Waals surface area contributed by atoms with Crippen molar-refractivity contribution in [1.29, 1.82) is 0 Å². The average molecular weight is 463 g/mol. The number of methoxy groups -OCH3 is 2. The lowest BCUT2D eigenvalue weighted by atomic mass is 10.2. The number of nitrogens with zero attached hydrogens (tertiary/aromatic N) is 1. The van der Waals surface area contributed by atoms with E-state index in [2.05, 4.69) is 15.0 Å². The smallest absolute Gasteiger partial charge is 0.411 e. The van der Waals surface area contributed by atoms with Crippen LogP contribution in [0.2, 0.25) is 0 Å². The molecule has 0 heterocycles. The Balaban J connectivity index is 0.00000529. The molecule has 0 bridgehead atoms. The average Bonchev–Trinajstić information content (AvgIpc) is 2.49. The number of halogens is 4. The van der Waals surface area contributed by atoms with Crippen molar-refractivity contribution in [3.63, 3.8) is 0 Å². The summed E-state index contributed by atoms with van der Waals surface area (Å²) in [5.74, 6) is 1.28. The zero-order chi connectivity index (χ0) is 17.3. The predicted molar refractivity (Wildman–Crippen MR) is 96.6 cm³/mol. The molecule has 10 heteroatoms. The van der Waals surface area contributed by atoms with Crippen LogP contribution in [0.5, 0.6) is 11.5 Å². The van der Waals surface area contributed by atoms with Gasteiger partial charge in [-0.15, -0.1) is 24.0 Å². The van der Waals surface area contributed by atoms with Crippen molar-refractivity contribution in [2.45, 2.75) is 12.6 Å². The van der Waals surface area contributed by atoms with Gasteiger partial charge in [0.1, 0.15) is 18.1 Å². The Kier molecular flexibility index (Phi) is 10.5. The number of ether oxygens (including phenoxy) is 3. The molecule has 0 fully saturated rings. The minimum Gasteiger partial charge on any atom is -0.497 e. The molecule has 0 atom stereocenters. The zero-order valence-corrected chi connectivity index (χ0v) is 15.7. The molecule has 0 aliphatic heterocycles. The van der Waals surface area contributed by atoms with Crippen LogP contribution in [0.3, 0.4) is 0 Å². The minimum absolute atomic E-state index is 0. The third kappa shape index (κ3) is 9.01. The van der Waals surface area contributed by atoms with Crippen molar-refractivity contribution in [1.82, 2.24) is 0 Å². The standard InChI is InChI=1S/C14H20F3N3O3.HI/c1-21-10-4-5-12(22-2)11(8-10)20-13(18)19-6-3-7-23-9-14(15,16)17;/h4-5,8H,3,6-7,9H2,1-2H3,(H3,18,19,20);1H. The van der Waals surface area contributed by atoms with Crippen molar-refractivity contribution in [2.24, 2.45) is 10.7 Å². The van der Waals surface area contributed by atoms with Gasteiger partial charge in [0.05, 0.1) is 19.9 Å². The SMILES string of the molecule is COc1ccc(OC)c(NC(N)=NCCCOCC(F)(F)F)c1.I. The predicted octanol–water partition coefficient (Wildman–Crippen LogP) is 3.02. The number of nitrogens with one attached hydrogen (secondary N) is 1. The maximum absolute atomic E-state index is 11.9. The van der Waals surface area contributed by atoms with Crippen LogP contribution in [-0.4, -0.2) is 46.1 Å². The Bertz CT molecular complexity index is 528. The highest BCUT2D eigenvalue weighted by molar-refractivity contribution is 14.0. The molecule has 0 aliphatic carbocycles. The molecule has 0 radical (unpaired) electrons. The number of nitrogens with two attached hydrogens (primary N) is 1. The minimum atomic E-state index is -4.31. The Morgan fingerprint density at radius 1 is 1.25 bits per heavy atom. The fourth-order valence-electron chi connectivity index (χ4n) is 1.64. The number of benzene rings is 1. The molecule has 1 aromatic carbocycles. The molecule has 6 nitrogen and oxygen atoms in total. The number of guanidine groups is 1. The van der Waals surface area contributed by atoms with Gasteiger partial charge >= 0.3 is 6.18 Å². The van der Waals surface area contributed by atoms with Crippen LogP contribution >= 0.6 is 24.0 Å². The molecule has 0 saturated carbocycles. The second-order valence-corrected chi connectivity index (χ2v) is 4.48. The van der Waals surface area contributed by atoms with Crippen LogP contribution in [0.15, 0.2) is 23.2 Å². The first kappa shape index (κ1) is 22.6. The fraction of sp³-hybridized carbons (Fsp3) is 0.500. The monoisotopic (exact) mass is 463 g/mol. The first-order valence-corrected chi connectivity index (χ1v) is 6.79. The molecule has 3 N–H and O–H groups in total. The van der Waals surface area contributed by atoms with Gasteiger partial charge in [-0.3, -0.25) is 4.99 Å². The molecule has 1 aromatic rings. The highest BCUT2D eigenvalue weighted by Crippen LogP contribution is 2.28. The summed E-state index contributed by atoms with van der Waals surface area (Å²) in [6, 6.07) is 5.13. The molecule has 0 aliphatic rings. The van der Waals surface area contributed by atoms with Gasteiger partial charge in [-0.1, -0.05) is 0 Å². The van der Waals surface area contributed by atoms with Crippen LogP contribution in [0.4, 0.5) is 18.9 Å². The molecule has 0 spiro atoms. The molecular weight excluding hydrogens is 442 g/mol. The summed E-state index contributed by atoms with van der Waals surface area (Å²) in [6.45, 7) is -1.06. The Morgan fingerprint density at radius 3 is 2.54 bits per heavy atom. The summed E-state index contributed by atoms with van der Waals surface area (Å²) in [4.78, 5) is 4.01. The third-order valence-electron chi connectivity index (χ3n) is 2.66. The normalized spacial score (nSPS) is 11.6. The van der Waals surface area contributed by atoms with Gasteiger partial charge in [-0.05, 0) is 18.6 Å². The number of rotatable bonds is 8. The van der Waals surface area contributed by atoms with Crippen LogP contribution in [0.25, 0.3) is 0 Å². The van der Waals surface area contributed by atoms with E-state index in [4.69, 9.17) is 15.2 Å². The number of anilines is 1. The van der Waals surface area contributed by atoms with Crippen LogP contribution in [0.1, 0.15) is 6.42 Å². The van der Waals surface area contributed by atoms with Crippen LogP contribution < -0.4 is 20.5 Å². The fourth-order valence-corrected chi connectivity index (χ4v) is 1.64. The summed E-state index contributed by atoms with van der Waals surface area (Å²) in [5.41, 5.74) is 6.30. The van der Waals surface area contributed by atoms with Gasteiger partial charge in [0.25, 0.3) is 0 Å². The van der Waals surface area contributed by atoms with E-state index < -0.39 is 12.8 Å². The first-order valence-electron chi connectivity index (χ1n) is 6.79. The molecule has 0 aromatic heterocycles. The molecule has 0 amide bonds. The summed E-state index contributed by atoms with van der Waals surface area (Å²) < 4.78 is 50.3. The van der Waals surface area contributed by atoms with Crippen LogP contribution in [-0.2, 0) is 4.74 Å². The molecule has 24 heavy (non-hydrogen) atoms. The number of alkyl halides is 3. The number of hydrogen-bond acceptors (Lipinski definition) is 4. The van der Waals surface area contributed by atoms with Gasteiger partial charge in [-0.25, -0.2) is 0 Å². The molecular formula is C14H21F3IN3O3. The van der Waals surface area contributed by atoms with Crippen molar-refractivity contribution in [2.75, 3.05) is 39.3 Å². The van der Waals surface area contributed by atoms with Gasteiger partial charge < -0.3 is 25.3 Å². The summed E-state index contributed by atoms with van der Waals surface area (Å²) in [5, 5.41) is 2.85. The van der Waals surface area contributed by atoms with E-state index >= 15 is 0 Å². The molecule has 1 rings (SSSR count). The van der Waals surface area contributed by atoms with E-state index in [1.807, 2.05) is 0 Å². The lowest BCUT2D eigenvalue weighted by Crippen LogP contribution is -2.23. The molecule has 0 unspecified atom stereocenters. The van der Waals surface area contributed by atoms with Crippen molar-refractivity contribution < 1.29 is 27.4 Å². The molecule has 0 saturated heterocycles. The van der Waals surface area contributed by atoms with Gasteiger partial charge in [0.15, 0.2) is 5.96 Å². The van der Waals surface area contributed by atoms with Crippen molar-refractivity contribution in [3.8, 4) is 11.5 Å². The van der Waals surface area contributed by atoms with E-state index in [0.29, 0.717) is 23.6 Å². The topological polar surface area (TPSA) is 78.1 Å². The second kappa shape index (κ2) is 11.2. The van der Waals surface area contributed by atoms with Gasteiger partial charge in [0.2, 0.25) is 0 Å².